The number of oxime groups is 1. The lowest BCUT2D eigenvalue weighted by Crippen LogP contribution is -2.19. The molecule has 0 saturated carbocycles. The van der Waals surface area contributed by atoms with Gasteiger partial charge in [-0.15, -0.1) is 11.3 Å². The first kappa shape index (κ1) is 22.0. The molecule has 0 bridgehead atoms. The van der Waals surface area contributed by atoms with Gasteiger partial charge in [0.2, 0.25) is 0 Å². The highest BCUT2D eigenvalue weighted by molar-refractivity contribution is 9.10. The molecule has 0 radical (unpaired) electrons. The minimum Gasteiger partial charge on any atom is -0.494 e. The van der Waals surface area contributed by atoms with Crippen LogP contribution in [0.3, 0.4) is 0 Å². The highest BCUT2D eigenvalue weighted by Crippen LogP contribution is 2.37. The molecule has 0 aliphatic rings. The predicted molar refractivity (Wildman–Crippen MR) is 91.2 cm³/mol. The third kappa shape index (κ3) is 4.95. The number of thiophene rings is 1. The molecule has 0 atom stereocenters. The molecule has 152 valence electrons. The Labute approximate surface area is 165 Å². The number of nitrogens with zero attached hydrogens (tertiary/aromatic N) is 1. The summed E-state index contributed by atoms with van der Waals surface area (Å²) in [4.78, 5) is 16.5. The van der Waals surface area contributed by atoms with Crippen LogP contribution in [0, 0.1) is 0 Å². The van der Waals surface area contributed by atoms with Gasteiger partial charge in [0.1, 0.15) is 0 Å². The first-order valence-corrected chi connectivity index (χ1v) is 8.67. The average Bonchev–Trinajstić information content (AvgIpc) is 2.98. The molecule has 0 aliphatic heterocycles. The topological polar surface area (TPSA) is 73.9 Å². The summed E-state index contributed by atoms with van der Waals surface area (Å²) in [5, 5.41) is 4.65. The second-order valence-electron chi connectivity index (χ2n) is 5.10. The summed E-state index contributed by atoms with van der Waals surface area (Å²) in [5.41, 5.74) is 1.55. The van der Waals surface area contributed by atoms with Crippen LogP contribution in [0.4, 0.5) is 26.3 Å². The molecule has 2 aromatic rings. The minimum atomic E-state index is -5.05. The number of benzene rings is 1. The van der Waals surface area contributed by atoms with Gasteiger partial charge in [0.15, 0.2) is 16.5 Å². The van der Waals surface area contributed by atoms with E-state index in [9.17, 15) is 31.1 Å². The van der Waals surface area contributed by atoms with Gasteiger partial charge in [0.25, 0.3) is 0 Å². The molecule has 0 unspecified atom stereocenters. The summed E-state index contributed by atoms with van der Waals surface area (Å²) < 4.78 is 82.6. The van der Waals surface area contributed by atoms with Gasteiger partial charge in [-0.05, 0) is 34.1 Å². The first-order chi connectivity index (χ1) is 12.8. The summed E-state index contributed by atoms with van der Waals surface area (Å²) in [5.74, 6) is -1.78. The molecule has 13 heteroatoms. The molecule has 28 heavy (non-hydrogen) atoms. The Morgan fingerprint density at radius 3 is 2.11 bits per heavy atom. The number of carbonyl (C=O) groups is 1. The van der Waals surface area contributed by atoms with Crippen molar-refractivity contribution in [3.63, 3.8) is 0 Å². The van der Waals surface area contributed by atoms with Gasteiger partial charge >= 0.3 is 18.3 Å². The van der Waals surface area contributed by atoms with E-state index in [1.165, 1.54) is 12.5 Å². The summed E-state index contributed by atoms with van der Waals surface area (Å²) in [6, 6.07) is 0.672. The molecule has 1 aromatic heterocycles. The number of carbonyl (C=O) groups excluding carboxylic acids is 1. The van der Waals surface area contributed by atoms with Crippen LogP contribution in [0.2, 0.25) is 0 Å². The average molecular weight is 491 g/mol. The van der Waals surface area contributed by atoms with Crippen LogP contribution in [0.5, 0.6) is 5.75 Å². The van der Waals surface area contributed by atoms with Crippen LogP contribution in [0.1, 0.15) is 26.4 Å². The van der Waals surface area contributed by atoms with E-state index in [0.717, 1.165) is 11.3 Å². The van der Waals surface area contributed by atoms with Crippen LogP contribution in [-0.4, -0.2) is 18.9 Å². The van der Waals surface area contributed by atoms with Crippen molar-refractivity contribution >= 4 is 39.1 Å². The lowest BCUT2D eigenvalue weighted by atomic mass is 10.0. The van der Waals surface area contributed by atoms with Crippen LogP contribution < -0.4 is 10.5 Å². The zero-order valence-electron chi connectivity index (χ0n) is 13.6. The monoisotopic (exact) mass is 490 g/mol. The van der Waals surface area contributed by atoms with E-state index in [-0.39, 0.29) is 16.7 Å². The molecule has 1 heterocycles. The Morgan fingerprint density at radius 2 is 1.64 bits per heavy atom. The highest BCUT2D eigenvalue weighted by Gasteiger charge is 2.37. The number of nitrogens with two attached hydrogens (primary N) is 1. The van der Waals surface area contributed by atoms with Crippen LogP contribution in [0.15, 0.2) is 33.2 Å². The quantitative estimate of drug-likeness (QED) is 0.214. The Balaban J connectivity index is 2.36. The summed E-state index contributed by atoms with van der Waals surface area (Å²) in [6.45, 7) is 0. The van der Waals surface area contributed by atoms with E-state index in [2.05, 4.69) is 25.9 Å². The van der Waals surface area contributed by atoms with E-state index in [0.29, 0.717) is 16.6 Å². The summed E-state index contributed by atoms with van der Waals surface area (Å²) in [6.07, 6.45) is -10.1. The molecule has 2 rings (SSSR count). The molecule has 1 aromatic carbocycles. The third-order valence-corrected chi connectivity index (χ3v) is 5.04. The lowest BCUT2D eigenvalue weighted by molar-refractivity contribution is -0.143. The smallest absolute Gasteiger partial charge is 0.416 e. The van der Waals surface area contributed by atoms with E-state index < -0.39 is 40.8 Å². The number of alkyl halides is 6. The summed E-state index contributed by atoms with van der Waals surface area (Å²) in [7, 11) is 1.28. The fourth-order valence-electron chi connectivity index (χ4n) is 1.94. The van der Waals surface area contributed by atoms with Gasteiger partial charge in [-0.1, -0.05) is 5.16 Å². The number of hydrogen-bond donors (Lipinski definition) is 1. The molecular weight excluding hydrogens is 482 g/mol. The SMILES string of the molecule is COc1c(Br)csc1C(=O)O/N=C(/N)c1cc(C(F)(F)F)cc(C(F)(F)F)c1. The van der Waals surface area contributed by atoms with Crippen LogP contribution in [-0.2, 0) is 17.2 Å². The minimum absolute atomic E-state index is 0.0362. The van der Waals surface area contributed by atoms with Crippen molar-refractivity contribution in [2.75, 3.05) is 7.11 Å². The Bertz CT molecular complexity index is 891. The molecular formula is C15H9BrF6N2O3S. The van der Waals surface area contributed by atoms with E-state index in [1.54, 1.807) is 0 Å². The first-order valence-electron chi connectivity index (χ1n) is 7.00. The standard InChI is InChI=1S/C15H9BrF6N2O3S/c1-26-10-9(16)5-28-11(10)13(25)27-24-12(23)6-2-7(14(17,18)19)4-8(3-6)15(20,21)22/h2-5H,1H3,(H2,23,24). The molecule has 0 fully saturated rings. The fraction of sp³-hybridized carbons (Fsp3) is 0.200. The molecule has 0 amide bonds. The van der Waals surface area contributed by atoms with Gasteiger partial charge in [-0.3, -0.25) is 0 Å². The third-order valence-electron chi connectivity index (χ3n) is 3.20. The molecule has 5 nitrogen and oxygen atoms in total. The largest absolute Gasteiger partial charge is 0.494 e. The predicted octanol–water partition coefficient (Wildman–Crippen LogP) is 5.03. The van der Waals surface area contributed by atoms with Crippen molar-refractivity contribution in [2.45, 2.75) is 12.4 Å². The van der Waals surface area contributed by atoms with Crippen molar-refractivity contribution < 1.29 is 40.7 Å². The molecule has 0 saturated heterocycles. The van der Waals surface area contributed by atoms with Crippen molar-refractivity contribution in [2.24, 2.45) is 10.9 Å². The highest BCUT2D eigenvalue weighted by atomic mass is 79.9. The zero-order valence-corrected chi connectivity index (χ0v) is 16.0. The van der Waals surface area contributed by atoms with E-state index in [1.807, 2.05) is 0 Å². The normalized spacial score (nSPS) is 12.8. The number of amidine groups is 1. The Morgan fingerprint density at radius 1 is 1.11 bits per heavy atom. The molecule has 2 N–H and O–H groups in total. The lowest BCUT2D eigenvalue weighted by Gasteiger charge is -2.13. The van der Waals surface area contributed by atoms with Gasteiger partial charge < -0.3 is 15.3 Å². The molecule has 0 spiro atoms. The number of halogens is 7. The second kappa shape index (κ2) is 7.99. The van der Waals surface area contributed by atoms with Crippen LogP contribution in [0.25, 0.3) is 0 Å². The zero-order chi connectivity index (χ0) is 21.3. The van der Waals surface area contributed by atoms with Gasteiger partial charge in [-0.25, -0.2) is 4.79 Å². The Kier molecular flexibility index (Phi) is 6.28. The second-order valence-corrected chi connectivity index (χ2v) is 6.83. The maximum Gasteiger partial charge on any atom is 0.416 e. The van der Waals surface area contributed by atoms with Crippen molar-refractivity contribution in [1.29, 1.82) is 0 Å². The Hall–Kier alpha value is -2.28. The van der Waals surface area contributed by atoms with Crippen molar-refractivity contribution in [3.8, 4) is 5.75 Å². The van der Waals surface area contributed by atoms with E-state index >= 15 is 0 Å². The van der Waals surface area contributed by atoms with Gasteiger partial charge in [0, 0.05) is 10.9 Å². The van der Waals surface area contributed by atoms with Crippen molar-refractivity contribution in [1.82, 2.24) is 0 Å². The number of methoxy groups -OCH3 is 1. The van der Waals surface area contributed by atoms with Crippen LogP contribution >= 0.6 is 27.3 Å². The maximum atomic E-state index is 12.9. The van der Waals surface area contributed by atoms with Crippen molar-refractivity contribution in [3.05, 3.63) is 49.6 Å². The fourth-order valence-corrected chi connectivity index (χ4v) is 3.48. The number of rotatable bonds is 4. The maximum absolute atomic E-state index is 12.9. The van der Waals surface area contributed by atoms with E-state index in [4.69, 9.17) is 10.5 Å². The van der Waals surface area contributed by atoms with Gasteiger partial charge in [0.05, 0.1) is 22.7 Å². The molecule has 0 aliphatic carbocycles. The van der Waals surface area contributed by atoms with Gasteiger partial charge in [-0.2, -0.15) is 26.3 Å². The summed E-state index contributed by atoms with van der Waals surface area (Å²) >= 11 is 4.03. The number of hydrogen-bond acceptors (Lipinski definition) is 5. The number of ether oxygens (including phenoxy) is 1.